The number of aromatic nitrogens is 5. The standard InChI is InChI=1S/C18H15N7O2/c1-2-27-18(26)15-17-21-16(23-20-11-12-7-9-19-10-8-12)13-5-3-4-6-14(13)25(17)24-22-15/h3-11H,2H2,1H3,(H,21,23)/b20-11-. The molecule has 0 bridgehead atoms. The van der Waals surface area contributed by atoms with E-state index in [0.717, 1.165) is 16.5 Å². The Labute approximate surface area is 153 Å². The third-order valence-electron chi connectivity index (χ3n) is 3.81. The second-order valence-electron chi connectivity index (χ2n) is 5.52. The lowest BCUT2D eigenvalue weighted by atomic mass is 10.2. The van der Waals surface area contributed by atoms with Crippen LogP contribution in [0.1, 0.15) is 23.0 Å². The van der Waals surface area contributed by atoms with E-state index in [0.29, 0.717) is 11.5 Å². The van der Waals surface area contributed by atoms with Crippen LogP contribution in [0.2, 0.25) is 0 Å². The number of nitrogens with zero attached hydrogens (tertiary/aromatic N) is 6. The number of anilines is 1. The Bertz CT molecular complexity index is 1140. The van der Waals surface area contributed by atoms with Crippen molar-refractivity contribution in [3.8, 4) is 0 Å². The monoisotopic (exact) mass is 361 g/mol. The Kier molecular flexibility index (Phi) is 4.40. The van der Waals surface area contributed by atoms with E-state index >= 15 is 0 Å². The van der Waals surface area contributed by atoms with Crippen LogP contribution in [0.25, 0.3) is 16.6 Å². The first-order valence-electron chi connectivity index (χ1n) is 8.28. The molecule has 0 aliphatic rings. The molecule has 27 heavy (non-hydrogen) atoms. The maximum Gasteiger partial charge on any atom is 0.362 e. The molecule has 9 nitrogen and oxygen atoms in total. The average Bonchev–Trinajstić information content (AvgIpc) is 3.13. The number of ether oxygens (including phenoxy) is 1. The highest BCUT2D eigenvalue weighted by molar-refractivity contribution is 5.98. The van der Waals surface area contributed by atoms with Gasteiger partial charge >= 0.3 is 5.97 Å². The molecule has 3 aromatic heterocycles. The first-order chi connectivity index (χ1) is 13.3. The van der Waals surface area contributed by atoms with Crippen LogP contribution in [-0.2, 0) is 4.74 Å². The zero-order valence-corrected chi connectivity index (χ0v) is 14.4. The highest BCUT2D eigenvalue weighted by atomic mass is 16.5. The van der Waals surface area contributed by atoms with Crippen LogP contribution in [0, 0.1) is 0 Å². The summed E-state index contributed by atoms with van der Waals surface area (Å²) < 4.78 is 6.55. The number of hydrogen-bond acceptors (Lipinski definition) is 8. The lowest BCUT2D eigenvalue weighted by Crippen LogP contribution is -2.07. The van der Waals surface area contributed by atoms with E-state index in [9.17, 15) is 4.79 Å². The minimum atomic E-state index is -0.568. The fraction of sp³-hybridized carbons (Fsp3) is 0.111. The zero-order valence-electron chi connectivity index (χ0n) is 14.4. The number of hydrogen-bond donors (Lipinski definition) is 1. The lowest BCUT2D eigenvalue weighted by molar-refractivity contribution is 0.0521. The van der Waals surface area contributed by atoms with E-state index in [2.05, 4.69) is 30.8 Å². The summed E-state index contributed by atoms with van der Waals surface area (Å²) in [6, 6.07) is 11.2. The number of esters is 1. The smallest absolute Gasteiger partial charge is 0.362 e. The van der Waals surface area contributed by atoms with Crippen molar-refractivity contribution >= 4 is 34.6 Å². The minimum Gasteiger partial charge on any atom is -0.461 e. The largest absolute Gasteiger partial charge is 0.461 e. The Hall–Kier alpha value is -3.88. The van der Waals surface area contributed by atoms with Crippen LogP contribution < -0.4 is 5.43 Å². The summed E-state index contributed by atoms with van der Waals surface area (Å²) in [5, 5.41) is 13.0. The van der Waals surface area contributed by atoms with Crippen molar-refractivity contribution < 1.29 is 9.53 Å². The molecule has 1 aromatic carbocycles. The molecule has 1 N–H and O–H groups in total. The van der Waals surface area contributed by atoms with Crippen molar-refractivity contribution in [1.82, 2.24) is 24.8 Å². The first kappa shape index (κ1) is 16.6. The van der Waals surface area contributed by atoms with Crippen LogP contribution in [0.15, 0.2) is 53.9 Å². The lowest BCUT2D eigenvalue weighted by Gasteiger charge is -2.07. The number of carbonyl (C=O) groups excluding carboxylic acids is 1. The highest BCUT2D eigenvalue weighted by Crippen LogP contribution is 2.23. The third kappa shape index (κ3) is 3.17. The van der Waals surface area contributed by atoms with E-state index in [1.54, 1.807) is 25.5 Å². The predicted molar refractivity (Wildman–Crippen MR) is 99.7 cm³/mol. The number of para-hydroxylation sites is 1. The number of hydrazone groups is 1. The van der Waals surface area contributed by atoms with Crippen LogP contribution in [0.4, 0.5) is 5.82 Å². The van der Waals surface area contributed by atoms with Gasteiger partial charge in [-0.3, -0.25) is 10.4 Å². The molecule has 0 aliphatic carbocycles. The molecule has 0 saturated heterocycles. The summed E-state index contributed by atoms with van der Waals surface area (Å²) in [4.78, 5) is 20.6. The number of carbonyl (C=O) groups is 1. The summed E-state index contributed by atoms with van der Waals surface area (Å²) in [5.41, 5.74) is 4.92. The van der Waals surface area contributed by atoms with Crippen molar-refractivity contribution in [2.24, 2.45) is 5.10 Å². The van der Waals surface area contributed by atoms with Gasteiger partial charge in [0.2, 0.25) is 5.69 Å². The molecular weight excluding hydrogens is 346 g/mol. The van der Waals surface area contributed by atoms with Crippen LogP contribution >= 0.6 is 0 Å². The maximum atomic E-state index is 12.1. The van der Waals surface area contributed by atoms with Crippen molar-refractivity contribution in [3.05, 3.63) is 60.0 Å². The molecule has 0 unspecified atom stereocenters. The third-order valence-corrected chi connectivity index (χ3v) is 3.81. The Morgan fingerprint density at radius 3 is 2.89 bits per heavy atom. The summed E-state index contributed by atoms with van der Waals surface area (Å²) in [6.45, 7) is 1.97. The molecule has 0 radical (unpaired) electrons. The molecule has 9 heteroatoms. The van der Waals surface area contributed by atoms with Crippen molar-refractivity contribution in [3.63, 3.8) is 0 Å². The van der Waals surface area contributed by atoms with Gasteiger partial charge in [0.1, 0.15) is 0 Å². The zero-order chi connectivity index (χ0) is 18.6. The summed E-state index contributed by atoms with van der Waals surface area (Å²) in [5.74, 6) is -0.0854. The molecule has 4 rings (SSSR count). The molecule has 134 valence electrons. The quantitative estimate of drug-likeness (QED) is 0.330. The van der Waals surface area contributed by atoms with E-state index in [-0.39, 0.29) is 12.3 Å². The molecular formula is C18H15N7O2. The Morgan fingerprint density at radius 2 is 2.07 bits per heavy atom. The minimum absolute atomic E-state index is 0.0590. The maximum absolute atomic E-state index is 12.1. The van der Waals surface area contributed by atoms with Crippen LogP contribution in [-0.4, -0.2) is 43.6 Å². The second kappa shape index (κ2) is 7.16. The van der Waals surface area contributed by atoms with Crippen LogP contribution in [0.3, 0.4) is 0 Å². The fourth-order valence-electron chi connectivity index (χ4n) is 2.60. The first-order valence-corrected chi connectivity index (χ1v) is 8.28. The Morgan fingerprint density at radius 1 is 1.26 bits per heavy atom. The fourth-order valence-corrected chi connectivity index (χ4v) is 2.60. The van der Waals surface area contributed by atoms with Gasteiger partial charge in [0.25, 0.3) is 0 Å². The van der Waals surface area contributed by atoms with Crippen molar-refractivity contribution in [2.45, 2.75) is 6.92 Å². The van der Waals surface area contributed by atoms with Gasteiger partial charge in [-0.1, -0.05) is 17.3 Å². The van der Waals surface area contributed by atoms with Gasteiger partial charge in [0.05, 0.1) is 18.3 Å². The molecule has 0 aliphatic heterocycles. The van der Waals surface area contributed by atoms with Crippen molar-refractivity contribution in [2.75, 3.05) is 12.0 Å². The number of nitrogens with one attached hydrogen (secondary N) is 1. The molecule has 0 spiro atoms. The van der Waals surface area contributed by atoms with Gasteiger partial charge in [-0.2, -0.15) is 9.62 Å². The van der Waals surface area contributed by atoms with E-state index in [4.69, 9.17) is 4.74 Å². The molecule has 0 fully saturated rings. The number of fused-ring (bicyclic) bond motifs is 3. The van der Waals surface area contributed by atoms with Gasteiger partial charge < -0.3 is 4.74 Å². The number of pyridine rings is 1. The molecule has 0 saturated carbocycles. The Balaban J connectivity index is 1.79. The predicted octanol–water partition coefficient (Wildman–Crippen LogP) is 2.30. The summed E-state index contributed by atoms with van der Waals surface area (Å²) in [6.07, 6.45) is 5.03. The average molecular weight is 361 g/mol. The molecule has 4 aromatic rings. The molecule has 0 atom stereocenters. The van der Waals surface area contributed by atoms with Gasteiger partial charge in [-0.15, -0.1) is 5.10 Å². The van der Waals surface area contributed by atoms with Gasteiger partial charge in [-0.05, 0) is 36.8 Å². The topological polar surface area (TPSA) is 107 Å². The second-order valence-corrected chi connectivity index (χ2v) is 5.52. The van der Waals surface area contributed by atoms with Crippen molar-refractivity contribution in [1.29, 1.82) is 0 Å². The van der Waals surface area contributed by atoms with E-state index in [1.807, 2.05) is 36.4 Å². The summed E-state index contributed by atoms with van der Waals surface area (Å²) >= 11 is 0. The van der Waals surface area contributed by atoms with Gasteiger partial charge in [-0.25, -0.2) is 9.78 Å². The number of benzene rings is 1. The SMILES string of the molecule is CCOC(=O)c1nnn2c1nc(N/N=C\c1ccncc1)c1ccccc12. The van der Waals surface area contributed by atoms with Crippen LogP contribution in [0.5, 0.6) is 0 Å². The van der Waals surface area contributed by atoms with Gasteiger partial charge in [0.15, 0.2) is 11.5 Å². The van der Waals surface area contributed by atoms with E-state index < -0.39 is 5.97 Å². The van der Waals surface area contributed by atoms with E-state index in [1.165, 1.54) is 4.52 Å². The highest BCUT2D eigenvalue weighted by Gasteiger charge is 2.20. The normalized spacial score (nSPS) is 11.3. The summed E-state index contributed by atoms with van der Waals surface area (Å²) in [7, 11) is 0. The molecule has 0 amide bonds. The molecule has 3 heterocycles. The van der Waals surface area contributed by atoms with Gasteiger partial charge in [0, 0.05) is 17.8 Å². The number of rotatable bonds is 5.